The second-order valence-electron chi connectivity index (χ2n) is 5.99. The number of aliphatic hydroxyl groups is 2. The largest absolute Gasteiger partial charge is 0.394 e. The first-order chi connectivity index (χ1) is 13.6. The normalized spacial score (nSPS) is 21.7. The number of aromatic amines is 2. The van der Waals surface area contributed by atoms with Crippen molar-refractivity contribution in [2.45, 2.75) is 24.9 Å². The zero-order valence-electron chi connectivity index (χ0n) is 14.3. The number of anilines is 1. The number of imidazole rings is 1. The molecule has 4 aromatic rings. The minimum Gasteiger partial charge on any atom is -0.394 e. The maximum Gasteiger partial charge on any atom is 0.280 e. The molecular weight excluding hydrogens is 372 g/mol. The Hall–Kier alpha value is -3.49. The standard InChI is InChI=1S/C10H13N5O4.C4H3N5/c11-10-13-8-7(9(18)14-10)12-3-15(8)6-1-4(17)5(2-16)19-6;1-4-3(7-5-1)2-6-9-8-4/h3-6,16-17H,1-2H2,(H3,11,13,14,18);1-2H,(H,5,7)/t4-,5+,6+;/m0./s1. The molecule has 0 unspecified atom stereocenters. The van der Waals surface area contributed by atoms with Gasteiger partial charge >= 0.3 is 0 Å². The molecule has 146 valence electrons. The molecule has 1 saturated heterocycles. The van der Waals surface area contributed by atoms with Gasteiger partial charge in [-0.2, -0.15) is 10.1 Å². The third-order valence-electron chi connectivity index (χ3n) is 4.18. The van der Waals surface area contributed by atoms with Gasteiger partial charge in [0.25, 0.3) is 5.56 Å². The van der Waals surface area contributed by atoms with E-state index in [1.807, 2.05) is 0 Å². The van der Waals surface area contributed by atoms with Crippen molar-refractivity contribution >= 4 is 28.1 Å². The van der Waals surface area contributed by atoms with E-state index in [9.17, 15) is 9.90 Å². The molecule has 0 saturated carbocycles. The van der Waals surface area contributed by atoms with Gasteiger partial charge in [-0.25, -0.2) is 4.98 Å². The summed E-state index contributed by atoms with van der Waals surface area (Å²) in [7, 11) is 0. The summed E-state index contributed by atoms with van der Waals surface area (Å²) < 4.78 is 7.01. The molecule has 5 heterocycles. The third-order valence-corrected chi connectivity index (χ3v) is 4.18. The van der Waals surface area contributed by atoms with Crippen molar-refractivity contribution < 1.29 is 14.9 Å². The van der Waals surface area contributed by atoms with E-state index in [2.05, 4.69) is 40.6 Å². The quantitative estimate of drug-likeness (QED) is 0.256. The lowest BCUT2D eigenvalue weighted by Crippen LogP contribution is -2.24. The molecule has 14 heteroatoms. The number of nitrogen functional groups attached to an aromatic ring is 1. The summed E-state index contributed by atoms with van der Waals surface area (Å²) in [5.74, 6) is -0.0171. The third kappa shape index (κ3) is 3.26. The van der Waals surface area contributed by atoms with Crippen molar-refractivity contribution in [1.29, 1.82) is 0 Å². The summed E-state index contributed by atoms with van der Waals surface area (Å²) in [6.45, 7) is -0.277. The summed E-state index contributed by atoms with van der Waals surface area (Å²) in [6.07, 6.45) is 2.91. The number of hydrogen-bond acceptors (Lipinski definition) is 11. The molecule has 14 nitrogen and oxygen atoms in total. The number of H-pyrrole nitrogens is 2. The fourth-order valence-corrected chi connectivity index (χ4v) is 2.83. The number of nitrogens with one attached hydrogen (secondary N) is 2. The molecular formula is C14H16N10O4. The Kier molecular flexibility index (Phi) is 4.64. The molecule has 0 aromatic carbocycles. The van der Waals surface area contributed by atoms with Gasteiger partial charge in [0.1, 0.15) is 23.4 Å². The van der Waals surface area contributed by atoms with Gasteiger partial charge in [0.15, 0.2) is 11.2 Å². The number of ether oxygens (including phenoxy) is 1. The number of nitrogens with zero attached hydrogens (tertiary/aromatic N) is 7. The van der Waals surface area contributed by atoms with Crippen LogP contribution in [0.1, 0.15) is 12.6 Å². The van der Waals surface area contributed by atoms with Crippen LogP contribution < -0.4 is 11.3 Å². The number of nitrogens with two attached hydrogens (primary N) is 1. The van der Waals surface area contributed by atoms with Crippen LogP contribution in [0.25, 0.3) is 22.2 Å². The first-order valence-electron chi connectivity index (χ1n) is 8.21. The van der Waals surface area contributed by atoms with E-state index in [4.69, 9.17) is 15.6 Å². The van der Waals surface area contributed by atoms with Gasteiger partial charge in [-0.3, -0.25) is 19.4 Å². The van der Waals surface area contributed by atoms with E-state index >= 15 is 0 Å². The zero-order chi connectivity index (χ0) is 19.7. The molecule has 5 rings (SSSR count). The lowest BCUT2D eigenvalue weighted by atomic mass is 10.2. The van der Waals surface area contributed by atoms with Crippen LogP contribution in [-0.2, 0) is 4.74 Å². The second-order valence-corrected chi connectivity index (χ2v) is 5.99. The average Bonchev–Trinajstić information content (AvgIpc) is 3.39. The van der Waals surface area contributed by atoms with Crippen LogP contribution in [0.15, 0.2) is 23.5 Å². The highest BCUT2D eigenvalue weighted by Gasteiger charge is 2.35. The van der Waals surface area contributed by atoms with Crippen molar-refractivity contribution in [1.82, 2.24) is 45.1 Å². The number of hydrogen-bond donors (Lipinski definition) is 5. The second kappa shape index (κ2) is 7.26. The Bertz CT molecular complexity index is 1120. The molecule has 1 aliphatic heterocycles. The van der Waals surface area contributed by atoms with Crippen LogP contribution in [0.5, 0.6) is 0 Å². The zero-order valence-corrected chi connectivity index (χ0v) is 14.3. The molecule has 4 aromatic heterocycles. The predicted octanol–water partition coefficient (Wildman–Crippen LogP) is -1.91. The molecule has 1 fully saturated rings. The monoisotopic (exact) mass is 388 g/mol. The van der Waals surface area contributed by atoms with Crippen LogP contribution in [0, 0.1) is 0 Å². The molecule has 3 atom stereocenters. The fraction of sp³-hybridized carbons (Fsp3) is 0.357. The van der Waals surface area contributed by atoms with Crippen molar-refractivity contribution in [3.8, 4) is 0 Å². The Morgan fingerprint density at radius 2 is 2.25 bits per heavy atom. The van der Waals surface area contributed by atoms with Gasteiger partial charge in [0.2, 0.25) is 5.95 Å². The summed E-state index contributed by atoms with van der Waals surface area (Å²) in [6, 6.07) is 0. The van der Waals surface area contributed by atoms with Gasteiger partial charge in [-0.1, -0.05) is 0 Å². The lowest BCUT2D eigenvalue weighted by Gasteiger charge is -2.13. The van der Waals surface area contributed by atoms with Crippen molar-refractivity contribution in [2.75, 3.05) is 12.3 Å². The van der Waals surface area contributed by atoms with Gasteiger partial charge in [0, 0.05) is 6.42 Å². The van der Waals surface area contributed by atoms with Crippen LogP contribution in [0.4, 0.5) is 5.95 Å². The Labute approximate surface area is 155 Å². The maximum atomic E-state index is 11.6. The summed E-state index contributed by atoms with van der Waals surface area (Å²) in [5.41, 5.74) is 7.05. The first-order valence-corrected chi connectivity index (χ1v) is 8.21. The minimum atomic E-state index is -0.771. The van der Waals surface area contributed by atoms with E-state index in [1.165, 1.54) is 10.9 Å². The SMILES string of the molecule is Nc1nc2c(ncn2[C@H]2C[C@H](O)[C@@H](CO)O2)c(=O)[nH]1.c1n[nH]c2cnnnc12. The van der Waals surface area contributed by atoms with Crippen LogP contribution in [0.3, 0.4) is 0 Å². The highest BCUT2D eigenvalue weighted by molar-refractivity contribution is 5.71. The smallest absolute Gasteiger partial charge is 0.280 e. The fourth-order valence-electron chi connectivity index (χ4n) is 2.83. The van der Waals surface area contributed by atoms with E-state index < -0.39 is 24.0 Å². The topological polar surface area (TPSA) is 207 Å². The predicted molar refractivity (Wildman–Crippen MR) is 93.7 cm³/mol. The van der Waals surface area contributed by atoms with Gasteiger partial charge in [-0.05, 0) is 5.21 Å². The van der Waals surface area contributed by atoms with Crippen molar-refractivity contribution in [2.24, 2.45) is 0 Å². The molecule has 0 aliphatic carbocycles. The van der Waals surface area contributed by atoms with E-state index in [1.54, 1.807) is 12.4 Å². The van der Waals surface area contributed by atoms with Gasteiger partial charge in [0.05, 0.1) is 31.4 Å². The molecule has 0 bridgehead atoms. The first kappa shape index (κ1) is 17.9. The van der Waals surface area contributed by atoms with Crippen LogP contribution in [0.2, 0.25) is 0 Å². The van der Waals surface area contributed by atoms with Gasteiger partial charge in [-0.15, -0.1) is 10.2 Å². The van der Waals surface area contributed by atoms with Gasteiger partial charge < -0.3 is 20.7 Å². The molecule has 1 aliphatic rings. The van der Waals surface area contributed by atoms with Crippen LogP contribution >= 0.6 is 0 Å². The van der Waals surface area contributed by atoms with Crippen LogP contribution in [-0.4, -0.2) is 74.2 Å². The molecule has 0 radical (unpaired) electrons. The number of fused-ring (bicyclic) bond motifs is 2. The number of rotatable bonds is 2. The van der Waals surface area contributed by atoms with E-state index in [0.717, 1.165) is 11.0 Å². The molecule has 28 heavy (non-hydrogen) atoms. The van der Waals surface area contributed by atoms with Crippen molar-refractivity contribution in [3.05, 3.63) is 29.1 Å². The number of aliphatic hydroxyl groups excluding tert-OH is 2. The molecule has 6 N–H and O–H groups in total. The Morgan fingerprint density at radius 1 is 1.39 bits per heavy atom. The maximum absolute atomic E-state index is 11.6. The van der Waals surface area contributed by atoms with E-state index in [-0.39, 0.29) is 30.1 Å². The highest BCUT2D eigenvalue weighted by Crippen LogP contribution is 2.30. The Balaban J connectivity index is 0.000000177. The molecule has 0 amide bonds. The summed E-state index contributed by atoms with van der Waals surface area (Å²) in [5, 5.41) is 35.9. The van der Waals surface area contributed by atoms with E-state index in [0.29, 0.717) is 0 Å². The Morgan fingerprint density at radius 3 is 3.00 bits per heavy atom. The molecule has 0 spiro atoms. The summed E-state index contributed by atoms with van der Waals surface area (Å²) in [4.78, 5) is 22.0. The summed E-state index contributed by atoms with van der Waals surface area (Å²) >= 11 is 0. The minimum absolute atomic E-state index is 0.0171. The van der Waals surface area contributed by atoms with Crippen molar-refractivity contribution in [3.63, 3.8) is 0 Å². The number of aromatic nitrogens is 9. The lowest BCUT2D eigenvalue weighted by molar-refractivity contribution is -0.0432. The average molecular weight is 388 g/mol. The highest BCUT2D eigenvalue weighted by atomic mass is 16.5.